The molecule has 3 fully saturated rings. The number of carbonyl (C=O) groups excluding carboxylic acids is 1. The SMILES string of the molecule is COc1ccc(S(=O)(=O)N2CC3CN(C(=O)C4CCCCC4)CC(C2)O3)cc1. The summed E-state index contributed by atoms with van der Waals surface area (Å²) in [6, 6.07) is 6.44. The Hall–Kier alpha value is -1.64. The van der Waals surface area contributed by atoms with Gasteiger partial charge >= 0.3 is 0 Å². The number of carbonyl (C=O) groups is 1. The van der Waals surface area contributed by atoms with Gasteiger partial charge in [0.25, 0.3) is 0 Å². The van der Waals surface area contributed by atoms with Crippen molar-refractivity contribution in [3.05, 3.63) is 24.3 Å². The minimum atomic E-state index is -3.59. The number of amides is 1. The molecule has 2 saturated heterocycles. The third kappa shape index (κ3) is 3.90. The molecule has 1 aliphatic carbocycles. The number of nitrogens with zero attached hydrogens (tertiary/aromatic N) is 2. The van der Waals surface area contributed by atoms with E-state index < -0.39 is 10.0 Å². The molecule has 28 heavy (non-hydrogen) atoms. The van der Waals surface area contributed by atoms with Gasteiger partial charge in [0.15, 0.2) is 0 Å². The van der Waals surface area contributed by atoms with Crippen molar-refractivity contribution in [2.75, 3.05) is 33.3 Å². The average Bonchev–Trinajstić information content (AvgIpc) is 2.73. The van der Waals surface area contributed by atoms with E-state index in [1.165, 1.54) is 10.7 Å². The molecule has 3 aliphatic rings. The third-order valence-corrected chi connectivity index (χ3v) is 7.86. The molecular formula is C20H28N2O5S. The fourth-order valence-corrected chi connectivity index (χ4v) is 6.04. The molecular weight excluding hydrogens is 380 g/mol. The van der Waals surface area contributed by atoms with E-state index in [4.69, 9.17) is 9.47 Å². The van der Waals surface area contributed by atoms with E-state index in [9.17, 15) is 13.2 Å². The summed E-state index contributed by atoms with van der Waals surface area (Å²) < 4.78 is 38.6. The summed E-state index contributed by atoms with van der Waals surface area (Å²) in [5.41, 5.74) is 0. The summed E-state index contributed by atoms with van der Waals surface area (Å²) >= 11 is 0. The first-order valence-electron chi connectivity index (χ1n) is 10.1. The van der Waals surface area contributed by atoms with Gasteiger partial charge in [-0.15, -0.1) is 0 Å². The van der Waals surface area contributed by atoms with Gasteiger partial charge in [0.05, 0.1) is 24.2 Å². The maximum absolute atomic E-state index is 13.0. The fraction of sp³-hybridized carbons (Fsp3) is 0.650. The molecule has 1 aromatic rings. The zero-order valence-electron chi connectivity index (χ0n) is 16.2. The molecule has 1 amide bonds. The highest BCUT2D eigenvalue weighted by atomic mass is 32.2. The zero-order chi connectivity index (χ0) is 19.7. The molecule has 2 heterocycles. The molecule has 154 valence electrons. The molecule has 0 radical (unpaired) electrons. The van der Waals surface area contributed by atoms with Crippen LogP contribution < -0.4 is 4.74 Å². The molecule has 0 N–H and O–H groups in total. The van der Waals surface area contributed by atoms with E-state index in [2.05, 4.69) is 0 Å². The predicted molar refractivity (Wildman–Crippen MR) is 104 cm³/mol. The van der Waals surface area contributed by atoms with Crippen molar-refractivity contribution in [2.24, 2.45) is 5.92 Å². The average molecular weight is 409 g/mol. The first kappa shape index (κ1) is 19.7. The van der Waals surface area contributed by atoms with Crippen LogP contribution in [0.3, 0.4) is 0 Å². The molecule has 1 saturated carbocycles. The first-order chi connectivity index (χ1) is 13.5. The highest BCUT2D eigenvalue weighted by Crippen LogP contribution is 2.29. The van der Waals surface area contributed by atoms with Gasteiger partial charge in [-0.3, -0.25) is 4.79 Å². The smallest absolute Gasteiger partial charge is 0.243 e. The number of sulfonamides is 1. The molecule has 8 heteroatoms. The third-order valence-electron chi connectivity index (χ3n) is 6.01. The van der Waals surface area contributed by atoms with Gasteiger partial charge in [0.1, 0.15) is 5.75 Å². The maximum atomic E-state index is 13.0. The van der Waals surface area contributed by atoms with E-state index in [-0.39, 0.29) is 42.0 Å². The van der Waals surface area contributed by atoms with Crippen LogP contribution in [0.1, 0.15) is 32.1 Å². The van der Waals surface area contributed by atoms with E-state index in [0.29, 0.717) is 18.8 Å². The summed E-state index contributed by atoms with van der Waals surface area (Å²) in [6.07, 6.45) is 4.88. The van der Waals surface area contributed by atoms with Gasteiger partial charge in [0.2, 0.25) is 15.9 Å². The van der Waals surface area contributed by atoms with Crippen LogP contribution in [-0.4, -0.2) is 69.0 Å². The van der Waals surface area contributed by atoms with Gasteiger partial charge < -0.3 is 14.4 Å². The molecule has 2 atom stereocenters. The minimum Gasteiger partial charge on any atom is -0.497 e. The minimum absolute atomic E-state index is 0.131. The molecule has 2 bridgehead atoms. The normalized spacial score (nSPS) is 26.8. The maximum Gasteiger partial charge on any atom is 0.243 e. The van der Waals surface area contributed by atoms with Crippen LogP contribution in [-0.2, 0) is 19.6 Å². The van der Waals surface area contributed by atoms with Gasteiger partial charge in [-0.25, -0.2) is 8.42 Å². The fourth-order valence-electron chi connectivity index (χ4n) is 4.54. The van der Waals surface area contributed by atoms with Crippen molar-refractivity contribution >= 4 is 15.9 Å². The van der Waals surface area contributed by atoms with E-state index >= 15 is 0 Å². The molecule has 7 nitrogen and oxygen atoms in total. The van der Waals surface area contributed by atoms with Crippen molar-refractivity contribution in [3.8, 4) is 5.75 Å². The topological polar surface area (TPSA) is 76.2 Å². The number of hydrogen-bond acceptors (Lipinski definition) is 5. The van der Waals surface area contributed by atoms with Crippen LogP contribution >= 0.6 is 0 Å². The second-order valence-corrected chi connectivity index (χ2v) is 9.89. The lowest BCUT2D eigenvalue weighted by molar-refractivity contribution is -0.159. The van der Waals surface area contributed by atoms with Crippen LogP contribution in [0.25, 0.3) is 0 Å². The predicted octanol–water partition coefficient (Wildman–Crippen LogP) is 1.88. The van der Waals surface area contributed by atoms with Crippen molar-refractivity contribution in [2.45, 2.75) is 49.2 Å². The number of hydrogen-bond donors (Lipinski definition) is 0. The molecule has 2 unspecified atom stereocenters. The van der Waals surface area contributed by atoms with Crippen molar-refractivity contribution < 1.29 is 22.7 Å². The Bertz CT molecular complexity index is 790. The van der Waals surface area contributed by atoms with Gasteiger partial charge in [0, 0.05) is 32.1 Å². The second-order valence-electron chi connectivity index (χ2n) is 7.96. The molecule has 1 aromatic carbocycles. The van der Waals surface area contributed by atoms with Crippen molar-refractivity contribution in [3.63, 3.8) is 0 Å². The summed E-state index contributed by atoms with van der Waals surface area (Å²) in [7, 11) is -2.04. The standard InChI is InChI=1S/C20H28N2O5S/c1-26-16-7-9-19(10-8-16)28(24,25)22-13-17-11-21(12-18(14-22)27-17)20(23)15-5-3-2-4-6-15/h7-10,15,17-18H,2-6,11-14H2,1H3. The Morgan fingerprint density at radius 1 is 1.00 bits per heavy atom. The summed E-state index contributed by atoms with van der Waals surface area (Å²) in [6.45, 7) is 1.50. The van der Waals surface area contributed by atoms with Crippen LogP contribution in [0.5, 0.6) is 5.75 Å². The number of rotatable bonds is 4. The summed E-state index contributed by atoms with van der Waals surface area (Å²) in [5, 5.41) is 0. The Kier molecular flexibility index (Phi) is 5.62. The Balaban J connectivity index is 1.43. The van der Waals surface area contributed by atoms with Crippen LogP contribution in [0.15, 0.2) is 29.2 Å². The molecule has 4 rings (SSSR count). The highest BCUT2D eigenvalue weighted by molar-refractivity contribution is 7.89. The number of fused-ring (bicyclic) bond motifs is 2. The number of methoxy groups -OCH3 is 1. The van der Waals surface area contributed by atoms with E-state index in [1.54, 1.807) is 31.4 Å². The first-order valence-corrected chi connectivity index (χ1v) is 11.5. The van der Waals surface area contributed by atoms with Crippen molar-refractivity contribution in [1.82, 2.24) is 9.21 Å². The largest absolute Gasteiger partial charge is 0.497 e. The highest BCUT2D eigenvalue weighted by Gasteiger charge is 2.42. The van der Waals surface area contributed by atoms with Crippen LogP contribution in [0.4, 0.5) is 0 Å². The number of benzene rings is 1. The van der Waals surface area contributed by atoms with Gasteiger partial charge in [-0.1, -0.05) is 19.3 Å². The monoisotopic (exact) mass is 408 g/mol. The lowest BCUT2D eigenvalue weighted by Crippen LogP contribution is -2.62. The quantitative estimate of drug-likeness (QED) is 0.760. The van der Waals surface area contributed by atoms with E-state index in [1.807, 2.05) is 4.90 Å². The van der Waals surface area contributed by atoms with Gasteiger partial charge in [-0.05, 0) is 37.1 Å². The lowest BCUT2D eigenvalue weighted by Gasteiger charge is -2.46. The number of morpholine rings is 2. The Morgan fingerprint density at radius 3 is 2.18 bits per heavy atom. The lowest BCUT2D eigenvalue weighted by atomic mass is 9.88. The van der Waals surface area contributed by atoms with Gasteiger partial charge in [-0.2, -0.15) is 4.31 Å². The van der Waals surface area contributed by atoms with Crippen LogP contribution in [0.2, 0.25) is 0 Å². The van der Waals surface area contributed by atoms with Crippen molar-refractivity contribution in [1.29, 1.82) is 0 Å². The zero-order valence-corrected chi connectivity index (χ0v) is 17.1. The van der Waals surface area contributed by atoms with Crippen LogP contribution in [0, 0.1) is 5.92 Å². The summed E-state index contributed by atoms with van der Waals surface area (Å²) in [4.78, 5) is 15.0. The molecule has 0 spiro atoms. The Morgan fingerprint density at radius 2 is 1.61 bits per heavy atom. The second kappa shape index (κ2) is 8.00. The van der Waals surface area contributed by atoms with E-state index in [0.717, 1.165) is 25.7 Å². The Labute approximate surface area is 166 Å². The number of ether oxygens (including phenoxy) is 2. The molecule has 0 aromatic heterocycles. The molecule has 2 aliphatic heterocycles. The summed E-state index contributed by atoms with van der Waals surface area (Å²) in [5.74, 6) is 0.978.